The fourth-order valence-corrected chi connectivity index (χ4v) is 29.2. The second kappa shape index (κ2) is 32.2. The third-order valence-corrected chi connectivity index (χ3v) is 32.8. The molecule has 0 spiro atoms. The summed E-state index contributed by atoms with van der Waals surface area (Å²) in [6, 6.07) is 2.70. The molecule has 74 heavy (non-hydrogen) atoms. The number of aliphatic hydroxyl groups excluding tert-OH is 1. The van der Waals surface area contributed by atoms with Crippen LogP contribution in [-0.4, -0.2) is 148 Å². The predicted molar refractivity (Wildman–Crippen MR) is 343 cm³/mol. The summed E-state index contributed by atoms with van der Waals surface area (Å²) in [7, 11) is 0. The van der Waals surface area contributed by atoms with Crippen LogP contribution >= 0.6 is 188 Å². The third-order valence-electron chi connectivity index (χ3n) is 10.3. The molecule has 5 aliphatic heterocycles. The number of rotatable bonds is 15. The number of benzene rings is 1. The SMILES string of the molecule is CSC1=C2SCCOCCOCCSC3=C(SC)S/C(=C4/SC(=C(SCCOCCn5c(=O)c6cc7c(=O)n(CCOCCO)c(=O)c7cc6c5=O)S4)SCCOCCOCCSC4=C(SC)SC(=C(S1)S2)S4)S3. The van der Waals surface area contributed by atoms with Crippen LogP contribution in [0.2, 0.25) is 0 Å². The highest BCUT2D eigenvalue weighted by atomic mass is 32.3. The highest BCUT2D eigenvalue weighted by Gasteiger charge is 2.32. The van der Waals surface area contributed by atoms with Crippen LogP contribution in [0.3, 0.4) is 0 Å². The molecule has 13 nitrogen and oxygen atoms in total. The Kier molecular flexibility index (Phi) is 26.7. The number of hydrogen-bond acceptors (Lipinski definition) is 27. The molecule has 0 unspecified atom stereocenters. The van der Waals surface area contributed by atoms with Crippen LogP contribution in [0, 0.1) is 0 Å². The van der Waals surface area contributed by atoms with Crippen molar-refractivity contribution in [2.45, 2.75) is 13.1 Å². The lowest BCUT2D eigenvalue weighted by molar-refractivity contribution is 0.0605. The van der Waals surface area contributed by atoms with E-state index in [-0.39, 0.29) is 61.1 Å². The van der Waals surface area contributed by atoms with E-state index in [0.717, 1.165) is 32.1 Å². The Hall–Kier alpha value is 1.26. The Labute approximate surface area is 497 Å². The minimum absolute atomic E-state index is 0.00311. The zero-order valence-corrected chi connectivity index (χ0v) is 53.3. The van der Waals surface area contributed by atoms with Gasteiger partial charge in [-0.05, 0) is 30.9 Å². The average molecular weight is 1310 g/mol. The van der Waals surface area contributed by atoms with E-state index in [4.69, 9.17) is 33.5 Å². The summed E-state index contributed by atoms with van der Waals surface area (Å²) in [5, 5.41) is 9.32. The summed E-state index contributed by atoms with van der Waals surface area (Å²) in [6.07, 6.45) is 6.46. The molecule has 3 aromatic rings. The molecule has 8 rings (SSSR count). The Morgan fingerprint density at radius 2 is 0.770 bits per heavy atom. The lowest BCUT2D eigenvalue weighted by Crippen LogP contribution is -2.28. The molecule has 1 aromatic carbocycles. The van der Waals surface area contributed by atoms with Crippen LogP contribution in [0.15, 0.2) is 82.2 Å². The maximum absolute atomic E-state index is 13.4. The topological polar surface area (TPSA) is 154 Å². The van der Waals surface area contributed by atoms with Gasteiger partial charge in [-0.2, -0.15) is 0 Å². The zero-order valence-electron chi connectivity index (χ0n) is 40.3. The van der Waals surface area contributed by atoms with Gasteiger partial charge >= 0.3 is 0 Å². The van der Waals surface area contributed by atoms with Gasteiger partial charge in [0.15, 0.2) is 0 Å². The number of hydrogen-bond donors (Lipinski definition) is 1. The van der Waals surface area contributed by atoms with Gasteiger partial charge in [0.2, 0.25) is 0 Å². The molecule has 0 saturated carbocycles. The number of aliphatic hydroxyl groups is 1. The molecular formula is C45H52N2O11S16. The van der Waals surface area contributed by atoms with E-state index in [1.165, 1.54) is 63.0 Å². The second-order valence-corrected chi connectivity index (χ2v) is 34.2. The first kappa shape index (κ1) is 61.3. The van der Waals surface area contributed by atoms with Gasteiger partial charge in [0, 0.05) is 28.8 Å². The number of aromatic nitrogens is 2. The lowest BCUT2D eigenvalue weighted by Gasteiger charge is -2.08. The molecule has 0 atom stereocenters. The summed E-state index contributed by atoms with van der Waals surface area (Å²) >= 11 is 29.5. The highest BCUT2D eigenvalue weighted by Crippen LogP contribution is 2.67. The molecule has 0 fully saturated rings. The third kappa shape index (κ3) is 16.5. The van der Waals surface area contributed by atoms with Crippen molar-refractivity contribution in [2.75, 3.05) is 133 Å². The molecule has 1 N–H and O–H groups in total. The van der Waals surface area contributed by atoms with E-state index in [9.17, 15) is 19.2 Å². The standard InChI is InChI=1S/C45H52N2O11S16/c1-59-34-37-62-20-15-55-10-11-56-17-22-64-39-36(61-3)69-44(72-39)45-73-40(41(74-45)66-23-18-58-13-12-57-16-21-63-38-35(60-2)68-43(71-38)42(67-34)70-37)65-19-14-54-8-5-47-32(51)28-24-26-27(25-29(28)33(47)52)31(50)46(30(26)49)4-7-53-9-6-48/h24-25,48H,4-23H2,1-3H3/b43-42?,45-44-. The normalized spacial score (nSPS) is 21.1. The van der Waals surface area contributed by atoms with Gasteiger partial charge in [0.25, 0.3) is 22.2 Å². The zero-order chi connectivity index (χ0) is 51.8. The lowest BCUT2D eigenvalue weighted by atomic mass is 10.1. The minimum Gasteiger partial charge on any atom is -0.394 e. The van der Waals surface area contributed by atoms with Crippen molar-refractivity contribution in [3.63, 3.8) is 0 Å². The molecule has 29 heteroatoms. The molecular weight excluding hydrogens is 1260 g/mol. The number of ether oxygens (including phenoxy) is 6. The smallest absolute Gasteiger partial charge is 0.261 e. The van der Waals surface area contributed by atoms with Gasteiger partial charge in [-0.1, -0.05) is 94.1 Å². The number of thioether (sulfide) groups is 16. The summed E-state index contributed by atoms with van der Waals surface area (Å²) < 4.78 is 53.3. The van der Waals surface area contributed by atoms with Crippen molar-refractivity contribution < 1.29 is 33.5 Å². The molecule has 7 heterocycles. The van der Waals surface area contributed by atoms with E-state index in [0.29, 0.717) is 65.2 Å². The molecule has 0 aliphatic carbocycles. The number of fused-ring (bicyclic) bond motifs is 10. The molecule has 0 radical (unpaired) electrons. The van der Waals surface area contributed by atoms with Crippen molar-refractivity contribution in [2.24, 2.45) is 0 Å². The van der Waals surface area contributed by atoms with Crippen LogP contribution in [0.4, 0.5) is 0 Å². The fraction of sp³-hybridized carbons (Fsp3) is 0.511. The van der Waals surface area contributed by atoms with E-state index >= 15 is 0 Å². The summed E-state index contributed by atoms with van der Waals surface area (Å²) in [5.74, 6) is 4.12. The first-order valence-electron chi connectivity index (χ1n) is 22.8. The van der Waals surface area contributed by atoms with E-state index in [2.05, 4.69) is 18.8 Å². The first-order valence-corrected chi connectivity index (χ1v) is 38.0. The Balaban J connectivity index is 0.844. The number of nitrogens with zero attached hydrogens (tertiary/aromatic N) is 2. The molecule has 0 saturated heterocycles. The molecule has 5 aliphatic rings. The van der Waals surface area contributed by atoms with Crippen LogP contribution < -0.4 is 22.2 Å². The first-order chi connectivity index (χ1) is 36.2. The monoisotopic (exact) mass is 1310 g/mol. The maximum atomic E-state index is 13.4. The van der Waals surface area contributed by atoms with Crippen LogP contribution in [0.1, 0.15) is 0 Å². The fourth-order valence-electron chi connectivity index (χ4n) is 6.91. The van der Waals surface area contributed by atoms with Gasteiger partial charge in [-0.15, -0.1) is 94.1 Å². The van der Waals surface area contributed by atoms with Gasteiger partial charge < -0.3 is 33.5 Å². The van der Waals surface area contributed by atoms with E-state index in [1.807, 2.05) is 141 Å². The largest absolute Gasteiger partial charge is 0.394 e. The quantitative estimate of drug-likeness (QED) is 0.143. The summed E-state index contributed by atoms with van der Waals surface area (Å²) in [5.41, 5.74) is -2.13. The Bertz CT molecular complexity index is 2810. The van der Waals surface area contributed by atoms with Crippen molar-refractivity contribution in [1.29, 1.82) is 0 Å². The maximum Gasteiger partial charge on any atom is 0.261 e. The predicted octanol–water partition coefficient (Wildman–Crippen LogP) is 11.5. The molecule has 0 amide bonds. The average Bonchev–Trinajstić information content (AvgIpc) is 4.27. The summed E-state index contributed by atoms with van der Waals surface area (Å²) in [6.45, 7) is 5.41. The Morgan fingerprint density at radius 1 is 0.446 bits per heavy atom. The van der Waals surface area contributed by atoms with Crippen molar-refractivity contribution in [3.8, 4) is 0 Å². The van der Waals surface area contributed by atoms with Gasteiger partial charge in [-0.25, -0.2) is 0 Å². The van der Waals surface area contributed by atoms with Crippen molar-refractivity contribution in [3.05, 3.63) is 104 Å². The highest BCUT2D eigenvalue weighted by molar-refractivity contribution is 8.46. The van der Waals surface area contributed by atoms with Crippen molar-refractivity contribution >= 4 is 210 Å². The van der Waals surface area contributed by atoms with Crippen LogP contribution in [0.25, 0.3) is 21.5 Å². The van der Waals surface area contributed by atoms with Gasteiger partial charge in [-0.3, -0.25) is 28.3 Å². The Morgan fingerprint density at radius 3 is 1.11 bits per heavy atom. The van der Waals surface area contributed by atoms with Gasteiger partial charge in [0.1, 0.15) is 0 Å². The van der Waals surface area contributed by atoms with Gasteiger partial charge in [0.05, 0.1) is 171 Å². The minimum atomic E-state index is -0.546. The van der Waals surface area contributed by atoms with Crippen LogP contribution in [-0.2, 0) is 41.5 Å². The summed E-state index contributed by atoms with van der Waals surface area (Å²) in [4.78, 5) is 53.0. The van der Waals surface area contributed by atoms with Crippen molar-refractivity contribution in [1.82, 2.24) is 9.13 Å². The molecule has 404 valence electrons. The van der Waals surface area contributed by atoms with E-state index in [1.54, 1.807) is 47.0 Å². The second-order valence-electron chi connectivity index (χ2n) is 15.0. The van der Waals surface area contributed by atoms with E-state index < -0.39 is 22.2 Å². The molecule has 2 aromatic heterocycles. The molecule has 8 bridgehead atoms. The van der Waals surface area contributed by atoms with Crippen LogP contribution in [0.5, 0.6) is 0 Å².